The van der Waals surface area contributed by atoms with E-state index >= 15 is 0 Å². The number of nitrogens with one attached hydrogen (secondary N) is 3. The standard InChI is InChI=1S/C23H26N4O6/c1-14-18(21(29)33-2)4-3-5-19(14)26-22(30)25-17-8-6-15(7-9-17)12-24-20(28)16-10-11-27(13-16)23(31)32/h3-9,16H,10-13H2,1-2H3,(H,24,28)(H,31,32)(H2,25,26,30). The molecule has 2 aromatic rings. The summed E-state index contributed by atoms with van der Waals surface area (Å²) in [6, 6.07) is 11.5. The minimum Gasteiger partial charge on any atom is -0.465 e. The highest BCUT2D eigenvalue weighted by atomic mass is 16.5. The first-order valence-electron chi connectivity index (χ1n) is 10.4. The summed E-state index contributed by atoms with van der Waals surface area (Å²) < 4.78 is 4.74. The summed E-state index contributed by atoms with van der Waals surface area (Å²) in [4.78, 5) is 48.6. The molecular formula is C23H26N4O6. The quantitative estimate of drug-likeness (QED) is 0.495. The topological polar surface area (TPSA) is 137 Å². The number of methoxy groups -OCH3 is 1. The Labute approximate surface area is 190 Å². The summed E-state index contributed by atoms with van der Waals surface area (Å²) in [5, 5.41) is 17.2. The Kier molecular flexibility index (Phi) is 7.50. The maximum Gasteiger partial charge on any atom is 0.407 e. The SMILES string of the molecule is COC(=O)c1cccc(NC(=O)Nc2ccc(CNC(=O)C3CCN(C(=O)O)C3)cc2)c1C. The van der Waals surface area contributed by atoms with E-state index in [4.69, 9.17) is 9.84 Å². The van der Waals surface area contributed by atoms with Gasteiger partial charge in [0.15, 0.2) is 0 Å². The number of anilines is 2. The van der Waals surface area contributed by atoms with Crippen molar-refractivity contribution in [2.45, 2.75) is 19.9 Å². The number of hydrogen-bond donors (Lipinski definition) is 4. The Morgan fingerprint density at radius 1 is 1.09 bits per heavy atom. The average molecular weight is 454 g/mol. The Hall–Kier alpha value is -4.08. The maximum atomic E-state index is 12.4. The van der Waals surface area contributed by atoms with Crippen LogP contribution in [0.5, 0.6) is 0 Å². The van der Waals surface area contributed by atoms with Crippen molar-refractivity contribution in [3.8, 4) is 0 Å². The van der Waals surface area contributed by atoms with Crippen molar-refractivity contribution in [3.05, 3.63) is 59.2 Å². The van der Waals surface area contributed by atoms with Crippen LogP contribution < -0.4 is 16.0 Å². The lowest BCUT2D eigenvalue weighted by Gasteiger charge is -2.13. The van der Waals surface area contributed by atoms with Crippen molar-refractivity contribution in [3.63, 3.8) is 0 Å². The molecule has 4 N–H and O–H groups in total. The van der Waals surface area contributed by atoms with Crippen molar-refractivity contribution < 1.29 is 29.0 Å². The number of rotatable bonds is 6. The monoisotopic (exact) mass is 454 g/mol. The van der Waals surface area contributed by atoms with Gasteiger partial charge in [0.05, 0.1) is 18.6 Å². The summed E-state index contributed by atoms with van der Waals surface area (Å²) in [6.45, 7) is 2.59. The highest BCUT2D eigenvalue weighted by Gasteiger charge is 2.30. The van der Waals surface area contributed by atoms with Crippen LogP contribution in [-0.2, 0) is 16.1 Å². The molecule has 33 heavy (non-hydrogen) atoms. The summed E-state index contributed by atoms with van der Waals surface area (Å²) in [6.07, 6.45) is -0.498. The van der Waals surface area contributed by atoms with Gasteiger partial charge in [-0.05, 0) is 48.7 Å². The lowest BCUT2D eigenvalue weighted by molar-refractivity contribution is -0.124. The fourth-order valence-electron chi connectivity index (χ4n) is 3.57. The highest BCUT2D eigenvalue weighted by molar-refractivity contribution is 6.01. The number of esters is 1. The molecule has 1 fully saturated rings. The fourth-order valence-corrected chi connectivity index (χ4v) is 3.57. The number of likely N-dealkylation sites (tertiary alicyclic amines) is 1. The van der Waals surface area contributed by atoms with Gasteiger partial charge in [-0.25, -0.2) is 14.4 Å². The maximum absolute atomic E-state index is 12.4. The molecule has 1 heterocycles. The van der Waals surface area contributed by atoms with Crippen LogP contribution in [-0.4, -0.2) is 54.2 Å². The third kappa shape index (κ3) is 6.00. The molecule has 0 saturated carbocycles. The Morgan fingerprint density at radius 3 is 2.45 bits per heavy atom. The third-order valence-electron chi connectivity index (χ3n) is 5.50. The molecule has 174 valence electrons. The van der Waals surface area contributed by atoms with Crippen LogP contribution in [0.1, 0.15) is 27.9 Å². The minimum absolute atomic E-state index is 0.176. The molecular weight excluding hydrogens is 428 g/mol. The number of carbonyl (C=O) groups is 4. The summed E-state index contributed by atoms with van der Waals surface area (Å²) in [7, 11) is 1.30. The van der Waals surface area contributed by atoms with Crippen molar-refractivity contribution in [2.75, 3.05) is 30.8 Å². The van der Waals surface area contributed by atoms with E-state index in [0.29, 0.717) is 42.0 Å². The van der Waals surface area contributed by atoms with Gasteiger partial charge in [-0.2, -0.15) is 0 Å². The number of amides is 4. The fraction of sp³-hybridized carbons (Fsp3) is 0.304. The molecule has 1 aliphatic rings. The Bertz CT molecular complexity index is 1050. The van der Waals surface area contributed by atoms with E-state index in [9.17, 15) is 19.2 Å². The first-order chi connectivity index (χ1) is 15.8. The predicted molar refractivity (Wildman–Crippen MR) is 121 cm³/mol. The molecule has 3 rings (SSSR count). The molecule has 10 nitrogen and oxygen atoms in total. The van der Waals surface area contributed by atoms with Gasteiger partial charge in [-0.3, -0.25) is 4.79 Å². The molecule has 0 spiro atoms. The lowest BCUT2D eigenvalue weighted by Crippen LogP contribution is -2.33. The van der Waals surface area contributed by atoms with E-state index in [-0.39, 0.29) is 18.4 Å². The molecule has 4 amide bonds. The van der Waals surface area contributed by atoms with Crippen LogP contribution in [0.3, 0.4) is 0 Å². The van der Waals surface area contributed by atoms with Crippen LogP contribution in [0.4, 0.5) is 21.0 Å². The summed E-state index contributed by atoms with van der Waals surface area (Å²) >= 11 is 0. The van der Waals surface area contributed by atoms with Crippen LogP contribution in [0.15, 0.2) is 42.5 Å². The molecule has 1 unspecified atom stereocenters. The first-order valence-corrected chi connectivity index (χ1v) is 10.4. The second-order valence-corrected chi connectivity index (χ2v) is 7.68. The lowest BCUT2D eigenvalue weighted by atomic mass is 10.1. The van der Waals surface area contributed by atoms with Gasteiger partial charge in [0.2, 0.25) is 5.91 Å². The zero-order valence-electron chi connectivity index (χ0n) is 18.4. The van der Waals surface area contributed by atoms with Crippen molar-refractivity contribution in [1.82, 2.24) is 10.2 Å². The number of benzene rings is 2. The van der Waals surface area contributed by atoms with E-state index in [2.05, 4.69) is 16.0 Å². The van der Waals surface area contributed by atoms with Gasteiger partial charge in [0.25, 0.3) is 0 Å². The number of nitrogens with zero attached hydrogens (tertiary/aromatic N) is 1. The van der Waals surface area contributed by atoms with Gasteiger partial charge in [0.1, 0.15) is 0 Å². The van der Waals surface area contributed by atoms with Gasteiger partial charge < -0.3 is 30.7 Å². The largest absolute Gasteiger partial charge is 0.465 e. The number of ether oxygens (including phenoxy) is 1. The van der Waals surface area contributed by atoms with Crippen molar-refractivity contribution >= 4 is 35.4 Å². The van der Waals surface area contributed by atoms with Crippen molar-refractivity contribution in [1.29, 1.82) is 0 Å². The molecule has 0 radical (unpaired) electrons. The van der Waals surface area contributed by atoms with Crippen molar-refractivity contribution in [2.24, 2.45) is 5.92 Å². The smallest absolute Gasteiger partial charge is 0.407 e. The molecule has 2 aromatic carbocycles. The van der Waals surface area contributed by atoms with E-state index < -0.39 is 18.1 Å². The molecule has 10 heteroatoms. The van der Waals surface area contributed by atoms with Crippen LogP contribution in [0, 0.1) is 12.8 Å². The summed E-state index contributed by atoms with van der Waals surface area (Å²) in [5.74, 6) is -0.997. The number of urea groups is 1. The first kappa shape index (κ1) is 23.6. The van der Waals surface area contributed by atoms with Gasteiger partial charge in [0, 0.05) is 31.0 Å². The summed E-state index contributed by atoms with van der Waals surface area (Å²) in [5.41, 5.74) is 2.85. The average Bonchev–Trinajstić information content (AvgIpc) is 3.30. The minimum atomic E-state index is -1.01. The zero-order chi connectivity index (χ0) is 24.0. The Morgan fingerprint density at radius 2 is 1.82 bits per heavy atom. The molecule has 0 aliphatic carbocycles. The number of hydrogen-bond acceptors (Lipinski definition) is 5. The third-order valence-corrected chi connectivity index (χ3v) is 5.50. The van der Waals surface area contributed by atoms with Crippen LogP contribution >= 0.6 is 0 Å². The molecule has 0 bridgehead atoms. The molecule has 1 atom stereocenters. The highest BCUT2D eigenvalue weighted by Crippen LogP contribution is 2.20. The predicted octanol–water partition coefficient (Wildman–Crippen LogP) is 3.04. The van der Waals surface area contributed by atoms with E-state index in [1.165, 1.54) is 12.0 Å². The van der Waals surface area contributed by atoms with Gasteiger partial charge in [-0.15, -0.1) is 0 Å². The van der Waals surface area contributed by atoms with Crippen LogP contribution in [0.25, 0.3) is 0 Å². The van der Waals surface area contributed by atoms with E-state index in [0.717, 1.165) is 5.56 Å². The molecule has 1 aliphatic heterocycles. The molecule has 0 aromatic heterocycles. The van der Waals surface area contributed by atoms with Gasteiger partial charge in [-0.1, -0.05) is 18.2 Å². The Balaban J connectivity index is 1.50. The second-order valence-electron chi connectivity index (χ2n) is 7.68. The molecule has 1 saturated heterocycles. The van der Waals surface area contributed by atoms with Gasteiger partial charge >= 0.3 is 18.1 Å². The van der Waals surface area contributed by atoms with Crippen LogP contribution in [0.2, 0.25) is 0 Å². The van der Waals surface area contributed by atoms with E-state index in [1.807, 2.05) is 0 Å². The normalized spacial score (nSPS) is 15.0. The number of carboxylic acid groups (broad SMARTS) is 1. The second kappa shape index (κ2) is 10.5. The number of carbonyl (C=O) groups excluding carboxylic acids is 3. The zero-order valence-corrected chi connectivity index (χ0v) is 18.4. The van der Waals surface area contributed by atoms with E-state index in [1.54, 1.807) is 49.4 Å².